The molecule has 1 aromatic heterocycles. The van der Waals surface area contributed by atoms with E-state index >= 15 is 0 Å². The molecule has 6 heteroatoms. The maximum Gasteiger partial charge on any atom is 0.197 e. The van der Waals surface area contributed by atoms with E-state index in [1.165, 1.54) is 24.3 Å². The van der Waals surface area contributed by atoms with Crippen LogP contribution in [0.2, 0.25) is 0 Å². The predicted molar refractivity (Wildman–Crippen MR) is 148 cm³/mol. The van der Waals surface area contributed by atoms with E-state index in [1.807, 2.05) is 54.6 Å². The Morgan fingerprint density at radius 2 is 1.18 bits per heavy atom. The first kappa shape index (κ1) is 23.9. The second kappa shape index (κ2) is 9.80. The van der Waals surface area contributed by atoms with Gasteiger partial charge in [0, 0.05) is 18.0 Å². The highest BCUT2D eigenvalue weighted by atomic mass is 32.2. The Morgan fingerprint density at radius 3 is 1.82 bits per heavy atom. The Hall–Kier alpha value is -4.42. The zero-order chi connectivity index (χ0) is 26.2. The van der Waals surface area contributed by atoms with Gasteiger partial charge in [-0.2, -0.15) is 0 Å². The molecule has 0 radical (unpaired) electrons. The van der Waals surface area contributed by atoms with Gasteiger partial charge < -0.3 is 9.67 Å². The van der Waals surface area contributed by atoms with Crippen LogP contribution in [0.15, 0.2) is 135 Å². The van der Waals surface area contributed by atoms with E-state index in [2.05, 4.69) is 4.57 Å². The number of phenols is 1. The summed E-state index contributed by atoms with van der Waals surface area (Å²) in [6.45, 7) is 0.512. The Kier molecular flexibility index (Phi) is 6.18. The largest absolute Gasteiger partial charge is 0.508 e. The van der Waals surface area contributed by atoms with E-state index in [4.69, 9.17) is 0 Å². The number of benzene rings is 5. The molecule has 0 saturated carbocycles. The van der Waals surface area contributed by atoms with Gasteiger partial charge in [0.25, 0.3) is 0 Å². The number of aromatic hydroxyl groups is 1. The quantitative estimate of drug-likeness (QED) is 0.191. The van der Waals surface area contributed by atoms with Gasteiger partial charge in [-0.1, -0.05) is 24.3 Å². The van der Waals surface area contributed by atoms with Gasteiger partial charge >= 0.3 is 0 Å². The Balaban J connectivity index is 1.58. The molecule has 0 fully saturated rings. The number of phenolic OH excluding ortho intramolecular Hbond substituents is 1. The summed E-state index contributed by atoms with van der Waals surface area (Å²) in [4.78, 5) is 16.3. The second-order valence-corrected chi connectivity index (χ2v) is 11.0. The van der Waals surface area contributed by atoms with Gasteiger partial charge in [0.05, 0.1) is 27.3 Å². The highest BCUT2D eigenvalue weighted by Gasteiger charge is 2.30. The molecule has 6 rings (SSSR count). The van der Waals surface area contributed by atoms with Crippen molar-refractivity contribution in [1.29, 1.82) is 0 Å². The molecule has 0 amide bonds. The highest BCUT2D eigenvalue weighted by molar-refractivity contribution is 7.97. The topological polar surface area (TPSA) is 42.2 Å². The van der Waals surface area contributed by atoms with Gasteiger partial charge in [-0.05, 0) is 90.5 Å². The molecule has 38 heavy (non-hydrogen) atoms. The van der Waals surface area contributed by atoms with Crippen LogP contribution in [0.4, 0.5) is 8.78 Å². The molecule has 3 nitrogen and oxygen atoms in total. The lowest BCUT2D eigenvalue weighted by atomic mass is 10.1. The van der Waals surface area contributed by atoms with E-state index in [0.717, 1.165) is 31.3 Å². The van der Waals surface area contributed by atoms with Gasteiger partial charge in [-0.15, -0.1) is 0 Å². The number of rotatable bonds is 5. The monoisotopic (exact) mass is 522 g/mol. The standard InChI is InChI=1S/C32H21F2NO2S/c33-22-7-13-25(14-8-22)38(26-15-9-23(34)10-16-26)27-17-18-31-29(19-27)32(37)28-3-1-2-4-30(28)35(31)20-21-5-11-24(36)12-6-21/h1-19H,20H2/p+1. The summed E-state index contributed by atoms with van der Waals surface area (Å²) in [5.74, 6) is -0.473. The van der Waals surface area contributed by atoms with E-state index in [9.17, 15) is 18.7 Å². The molecule has 0 saturated heterocycles. The lowest BCUT2D eigenvalue weighted by Crippen LogP contribution is -2.13. The third kappa shape index (κ3) is 4.44. The third-order valence-electron chi connectivity index (χ3n) is 6.55. The van der Waals surface area contributed by atoms with Crippen LogP contribution in [-0.4, -0.2) is 9.67 Å². The van der Waals surface area contributed by atoms with E-state index in [0.29, 0.717) is 17.3 Å². The highest BCUT2D eigenvalue weighted by Crippen LogP contribution is 2.33. The van der Waals surface area contributed by atoms with Crippen LogP contribution < -0.4 is 5.43 Å². The number of hydrogen-bond acceptors (Lipinski definition) is 2. The van der Waals surface area contributed by atoms with Crippen LogP contribution in [0.25, 0.3) is 21.8 Å². The second-order valence-electron chi connectivity index (χ2n) is 8.99. The number of pyridine rings is 1. The van der Waals surface area contributed by atoms with Gasteiger partial charge in [0.2, 0.25) is 0 Å². The average Bonchev–Trinajstić information content (AvgIpc) is 2.94. The van der Waals surface area contributed by atoms with Crippen molar-refractivity contribution in [2.24, 2.45) is 0 Å². The summed E-state index contributed by atoms with van der Waals surface area (Å²) < 4.78 is 29.6. The van der Waals surface area contributed by atoms with Crippen molar-refractivity contribution >= 4 is 32.7 Å². The number of hydrogen-bond donors (Lipinski definition) is 1. The summed E-state index contributed by atoms with van der Waals surface area (Å²) in [5.41, 5.74) is 2.52. The molecule has 0 spiro atoms. The molecule has 1 N–H and O–H groups in total. The molecular formula is C32H22F2NO2S+. The molecule has 0 bridgehead atoms. The van der Waals surface area contributed by atoms with Crippen LogP contribution in [0, 0.1) is 11.6 Å². The van der Waals surface area contributed by atoms with Crippen LogP contribution in [0.3, 0.4) is 0 Å². The summed E-state index contributed by atoms with van der Waals surface area (Å²) in [6.07, 6.45) is 0. The minimum atomic E-state index is -0.686. The van der Waals surface area contributed by atoms with Crippen LogP contribution in [-0.2, 0) is 17.4 Å². The molecule has 0 aliphatic carbocycles. The fraction of sp³-hybridized carbons (Fsp3) is 0.0312. The summed E-state index contributed by atoms with van der Waals surface area (Å²) in [6, 6.07) is 33.0. The fourth-order valence-electron chi connectivity index (χ4n) is 4.74. The van der Waals surface area contributed by atoms with Crippen LogP contribution in [0.5, 0.6) is 5.75 Å². The van der Waals surface area contributed by atoms with Gasteiger partial charge in [-0.3, -0.25) is 4.79 Å². The average molecular weight is 523 g/mol. The molecule has 0 atom stereocenters. The zero-order valence-corrected chi connectivity index (χ0v) is 21.0. The Bertz CT molecular complexity index is 1790. The first-order valence-corrected chi connectivity index (χ1v) is 13.3. The van der Waals surface area contributed by atoms with E-state index < -0.39 is 10.9 Å². The van der Waals surface area contributed by atoms with Crippen molar-refractivity contribution in [2.75, 3.05) is 0 Å². The fourth-order valence-corrected chi connectivity index (χ4v) is 6.81. The molecule has 0 aliphatic heterocycles. The normalized spacial score (nSPS) is 11.4. The number of aromatic nitrogens is 1. The Morgan fingerprint density at radius 1 is 0.632 bits per heavy atom. The molecule has 1 heterocycles. The van der Waals surface area contributed by atoms with Crippen LogP contribution in [0.1, 0.15) is 5.56 Å². The number of fused-ring (bicyclic) bond motifs is 2. The lowest BCUT2D eigenvalue weighted by Gasteiger charge is -2.16. The SMILES string of the molecule is O=c1c2ccccc2n(Cc2ccc(O)cc2)c2ccc([S+](c3ccc(F)cc3)c3ccc(F)cc3)cc12. The lowest BCUT2D eigenvalue weighted by molar-refractivity contribution is 0.475. The third-order valence-corrected chi connectivity index (χ3v) is 8.77. The van der Waals surface area contributed by atoms with Gasteiger partial charge in [-0.25, -0.2) is 8.78 Å². The summed E-state index contributed by atoms with van der Waals surface area (Å²) >= 11 is 0. The van der Waals surface area contributed by atoms with Crippen LogP contribution >= 0.6 is 0 Å². The number of nitrogens with zero attached hydrogens (tertiary/aromatic N) is 1. The minimum Gasteiger partial charge on any atom is -0.508 e. The smallest absolute Gasteiger partial charge is 0.197 e. The molecule has 0 unspecified atom stereocenters. The van der Waals surface area contributed by atoms with Gasteiger partial charge in [0.15, 0.2) is 20.1 Å². The predicted octanol–water partition coefficient (Wildman–Crippen LogP) is 7.28. The first-order valence-electron chi connectivity index (χ1n) is 12.1. The molecule has 6 aromatic rings. The molecule has 186 valence electrons. The molecule has 5 aromatic carbocycles. The summed E-state index contributed by atoms with van der Waals surface area (Å²) in [5, 5.41) is 10.9. The van der Waals surface area contributed by atoms with Crippen molar-refractivity contribution in [3.05, 3.63) is 143 Å². The Labute approximate surface area is 220 Å². The van der Waals surface area contributed by atoms with Gasteiger partial charge in [0.1, 0.15) is 17.4 Å². The van der Waals surface area contributed by atoms with Crippen molar-refractivity contribution in [2.45, 2.75) is 21.2 Å². The zero-order valence-electron chi connectivity index (χ0n) is 20.1. The van der Waals surface area contributed by atoms with Crippen molar-refractivity contribution in [3.8, 4) is 5.75 Å². The number of halogens is 2. The molecular weight excluding hydrogens is 500 g/mol. The van der Waals surface area contributed by atoms with Crippen molar-refractivity contribution in [1.82, 2.24) is 4.57 Å². The first-order chi connectivity index (χ1) is 18.5. The van der Waals surface area contributed by atoms with E-state index in [-0.39, 0.29) is 22.8 Å². The summed E-state index contributed by atoms with van der Waals surface area (Å²) in [7, 11) is -0.686. The molecule has 0 aliphatic rings. The minimum absolute atomic E-state index is 0.0684. The maximum absolute atomic E-state index is 13.8. The van der Waals surface area contributed by atoms with Crippen molar-refractivity contribution < 1.29 is 13.9 Å². The van der Waals surface area contributed by atoms with Crippen molar-refractivity contribution in [3.63, 3.8) is 0 Å². The maximum atomic E-state index is 13.8. The number of para-hydroxylation sites is 1. The van der Waals surface area contributed by atoms with E-state index in [1.54, 1.807) is 36.4 Å².